The van der Waals surface area contributed by atoms with Gasteiger partial charge in [0.2, 0.25) is 9.04 Å². The van der Waals surface area contributed by atoms with E-state index in [0.29, 0.717) is 11.1 Å². The maximum absolute atomic E-state index is 11.5. The molecule has 0 aliphatic carbocycles. The second kappa shape index (κ2) is 7.15. The van der Waals surface area contributed by atoms with Crippen molar-refractivity contribution in [2.45, 2.75) is 46.6 Å². The van der Waals surface area contributed by atoms with Crippen LogP contribution in [0.2, 0.25) is 13.1 Å². The van der Waals surface area contributed by atoms with E-state index in [1.807, 2.05) is 39.9 Å². The van der Waals surface area contributed by atoms with Crippen molar-refractivity contribution in [2.24, 2.45) is 5.41 Å². The van der Waals surface area contributed by atoms with Crippen LogP contribution in [-0.2, 0) is 15.8 Å². The molecule has 1 rings (SSSR count). The van der Waals surface area contributed by atoms with Crippen LogP contribution in [-0.4, -0.2) is 21.1 Å². The standard InChI is InChI=1S/C15H24NO4Si/c1-15(2,3)14(20-21(5)6)12-9-7-8-11(10-19-4)13(12)16(17)18/h7-9,14H,10H2,1-6H3. The van der Waals surface area contributed by atoms with Gasteiger partial charge in [-0.05, 0) is 30.6 Å². The third-order valence-corrected chi connectivity index (χ3v) is 3.76. The van der Waals surface area contributed by atoms with Crippen LogP contribution in [0.25, 0.3) is 0 Å². The largest absolute Gasteiger partial charge is 0.409 e. The Morgan fingerprint density at radius 1 is 1.33 bits per heavy atom. The number of nitro groups is 1. The number of methoxy groups -OCH3 is 1. The summed E-state index contributed by atoms with van der Waals surface area (Å²) in [5.41, 5.74) is 1.10. The van der Waals surface area contributed by atoms with Gasteiger partial charge in [0.05, 0.1) is 28.8 Å². The molecule has 0 aliphatic rings. The lowest BCUT2D eigenvalue weighted by Crippen LogP contribution is -2.26. The normalized spacial score (nSPS) is 13.5. The quantitative estimate of drug-likeness (QED) is 0.451. The molecule has 1 unspecified atom stereocenters. The van der Waals surface area contributed by atoms with Crippen molar-refractivity contribution >= 4 is 14.7 Å². The topological polar surface area (TPSA) is 61.6 Å². The smallest absolute Gasteiger partial charge is 0.280 e. The molecule has 0 spiro atoms. The van der Waals surface area contributed by atoms with E-state index in [2.05, 4.69) is 0 Å². The predicted octanol–water partition coefficient (Wildman–Crippen LogP) is 4.10. The first kappa shape index (κ1) is 17.8. The van der Waals surface area contributed by atoms with E-state index in [1.165, 1.54) is 7.11 Å². The molecule has 0 bridgehead atoms. The van der Waals surface area contributed by atoms with Crippen molar-refractivity contribution in [3.8, 4) is 0 Å². The van der Waals surface area contributed by atoms with Crippen LogP contribution in [0.4, 0.5) is 5.69 Å². The summed E-state index contributed by atoms with van der Waals surface area (Å²) in [7, 11) is 0.552. The Balaban J connectivity index is 3.43. The van der Waals surface area contributed by atoms with E-state index in [0.717, 1.165) is 0 Å². The molecule has 1 atom stereocenters. The molecule has 1 aromatic carbocycles. The number of rotatable bonds is 6. The average Bonchev–Trinajstić information content (AvgIpc) is 2.34. The van der Waals surface area contributed by atoms with Crippen LogP contribution in [0, 0.1) is 15.5 Å². The maximum atomic E-state index is 11.5. The number of ether oxygens (including phenoxy) is 1. The number of hydrogen-bond donors (Lipinski definition) is 0. The maximum Gasteiger partial charge on any atom is 0.280 e. The highest BCUT2D eigenvalue weighted by molar-refractivity contribution is 6.48. The fourth-order valence-electron chi connectivity index (χ4n) is 2.26. The van der Waals surface area contributed by atoms with Gasteiger partial charge < -0.3 is 9.16 Å². The summed E-state index contributed by atoms with van der Waals surface area (Å²) in [4.78, 5) is 11.2. The summed E-state index contributed by atoms with van der Waals surface area (Å²) in [6, 6.07) is 5.35. The number of benzene rings is 1. The van der Waals surface area contributed by atoms with Crippen LogP contribution in [0.1, 0.15) is 38.0 Å². The Morgan fingerprint density at radius 3 is 2.38 bits per heavy atom. The Bertz CT molecular complexity index is 497. The molecule has 0 N–H and O–H groups in total. The van der Waals surface area contributed by atoms with Crippen molar-refractivity contribution < 1.29 is 14.1 Å². The molecule has 0 heterocycles. The van der Waals surface area contributed by atoms with Crippen LogP contribution in [0.15, 0.2) is 18.2 Å². The molecule has 1 radical (unpaired) electrons. The summed E-state index contributed by atoms with van der Waals surface area (Å²) in [5, 5.41) is 11.5. The highest BCUT2D eigenvalue weighted by Gasteiger charge is 2.34. The van der Waals surface area contributed by atoms with Gasteiger partial charge in [0.15, 0.2) is 0 Å². The zero-order chi connectivity index (χ0) is 16.2. The molecule has 0 saturated heterocycles. The van der Waals surface area contributed by atoms with Gasteiger partial charge in [-0.2, -0.15) is 0 Å². The lowest BCUT2D eigenvalue weighted by atomic mass is 9.83. The first-order valence-electron chi connectivity index (χ1n) is 6.90. The molecule has 0 aromatic heterocycles. The van der Waals surface area contributed by atoms with Crippen LogP contribution in [0.3, 0.4) is 0 Å². The number of hydrogen-bond acceptors (Lipinski definition) is 4. The number of para-hydroxylation sites is 1. The van der Waals surface area contributed by atoms with Gasteiger partial charge in [-0.25, -0.2) is 0 Å². The minimum absolute atomic E-state index is 0.113. The second-order valence-electron chi connectivity index (χ2n) is 6.32. The van der Waals surface area contributed by atoms with Gasteiger partial charge in [-0.15, -0.1) is 0 Å². The van der Waals surface area contributed by atoms with E-state index >= 15 is 0 Å². The fourth-order valence-corrected chi connectivity index (χ4v) is 3.21. The molecule has 117 valence electrons. The summed E-state index contributed by atoms with van der Waals surface area (Å²) in [6.45, 7) is 10.4. The highest BCUT2D eigenvalue weighted by Crippen LogP contribution is 2.41. The van der Waals surface area contributed by atoms with Gasteiger partial charge in [0.1, 0.15) is 0 Å². The number of nitrogens with zero attached hydrogens (tertiary/aromatic N) is 1. The summed E-state index contributed by atoms with van der Waals surface area (Å²) in [5.74, 6) is 0. The Kier molecular flexibility index (Phi) is 6.06. The molecule has 21 heavy (non-hydrogen) atoms. The van der Waals surface area contributed by atoms with E-state index < -0.39 is 9.04 Å². The minimum Gasteiger partial charge on any atom is -0.409 e. The van der Waals surface area contributed by atoms with Gasteiger partial charge >= 0.3 is 0 Å². The van der Waals surface area contributed by atoms with Crippen molar-refractivity contribution in [2.75, 3.05) is 7.11 Å². The zero-order valence-corrected chi connectivity index (χ0v) is 14.6. The van der Waals surface area contributed by atoms with E-state index in [4.69, 9.17) is 9.16 Å². The van der Waals surface area contributed by atoms with Crippen LogP contribution >= 0.6 is 0 Å². The Hall–Kier alpha value is -1.24. The monoisotopic (exact) mass is 310 g/mol. The molecule has 0 aliphatic heterocycles. The molecule has 5 nitrogen and oxygen atoms in total. The van der Waals surface area contributed by atoms with E-state index in [9.17, 15) is 10.1 Å². The third-order valence-electron chi connectivity index (χ3n) is 3.06. The first-order chi connectivity index (χ1) is 9.68. The van der Waals surface area contributed by atoms with Crippen LogP contribution in [0.5, 0.6) is 0 Å². The average molecular weight is 310 g/mol. The predicted molar refractivity (Wildman–Crippen MR) is 84.6 cm³/mol. The van der Waals surface area contributed by atoms with E-state index in [1.54, 1.807) is 12.1 Å². The van der Waals surface area contributed by atoms with E-state index in [-0.39, 0.29) is 28.7 Å². The molecular weight excluding hydrogens is 286 g/mol. The highest BCUT2D eigenvalue weighted by atomic mass is 28.3. The van der Waals surface area contributed by atoms with Crippen molar-refractivity contribution in [3.63, 3.8) is 0 Å². The summed E-state index contributed by atoms with van der Waals surface area (Å²) >= 11 is 0. The van der Waals surface area contributed by atoms with Gasteiger partial charge in [0.25, 0.3) is 5.69 Å². The zero-order valence-electron chi connectivity index (χ0n) is 13.6. The third kappa shape index (κ3) is 4.62. The Morgan fingerprint density at radius 2 is 1.95 bits per heavy atom. The van der Waals surface area contributed by atoms with Crippen molar-refractivity contribution in [1.29, 1.82) is 0 Å². The summed E-state index contributed by atoms with van der Waals surface area (Å²) < 4.78 is 11.2. The fraction of sp³-hybridized carbons (Fsp3) is 0.600. The van der Waals surface area contributed by atoms with Crippen molar-refractivity contribution in [3.05, 3.63) is 39.4 Å². The van der Waals surface area contributed by atoms with Gasteiger partial charge in [-0.3, -0.25) is 10.1 Å². The molecule has 6 heteroatoms. The SMILES string of the molecule is COCc1cccc(C(O[Si](C)C)C(C)(C)C)c1[N+](=O)[O-]. The van der Waals surface area contributed by atoms with Crippen molar-refractivity contribution in [1.82, 2.24) is 0 Å². The molecule has 0 fully saturated rings. The molecular formula is C15H24NO4Si. The lowest BCUT2D eigenvalue weighted by molar-refractivity contribution is -0.387. The Labute approximate surface area is 128 Å². The first-order valence-corrected chi connectivity index (χ1v) is 9.31. The van der Waals surface area contributed by atoms with Gasteiger partial charge in [0, 0.05) is 7.11 Å². The summed E-state index contributed by atoms with van der Waals surface area (Å²) in [6.07, 6.45) is -0.307. The molecule has 1 aromatic rings. The second-order valence-corrected chi connectivity index (χ2v) is 8.37. The number of nitro benzene ring substituents is 1. The minimum atomic E-state index is -0.983. The van der Waals surface area contributed by atoms with Crippen LogP contribution < -0.4 is 0 Å². The molecule has 0 saturated carbocycles. The molecule has 0 amide bonds. The van der Waals surface area contributed by atoms with Gasteiger partial charge in [-0.1, -0.05) is 26.8 Å². The lowest BCUT2D eigenvalue weighted by Gasteiger charge is -2.32.